The zero-order chi connectivity index (χ0) is 13.0. The maximum absolute atomic E-state index is 5.88. The molecule has 1 aromatic heterocycles. The Morgan fingerprint density at radius 1 is 1.44 bits per heavy atom. The monoisotopic (exact) mass is 299 g/mol. The third-order valence-corrected chi connectivity index (χ3v) is 4.44. The van der Waals surface area contributed by atoms with Crippen LogP contribution in [0.5, 0.6) is 5.75 Å². The molecule has 96 valence electrons. The first-order valence-corrected chi connectivity index (χ1v) is 7.46. The third-order valence-electron chi connectivity index (χ3n) is 2.46. The number of rotatable bonds is 5. The molecule has 5 heteroatoms. The van der Waals surface area contributed by atoms with Gasteiger partial charge in [-0.25, -0.2) is 4.98 Å². The van der Waals surface area contributed by atoms with Gasteiger partial charge in [0.05, 0.1) is 17.3 Å². The predicted octanol–water partition coefficient (Wildman–Crippen LogP) is 4.16. The molecule has 0 aliphatic rings. The van der Waals surface area contributed by atoms with Crippen molar-refractivity contribution in [2.75, 3.05) is 6.61 Å². The molecular formula is C13H14ClNOS2. The number of aryl methyl sites for hydroxylation is 1. The standard InChI is InChI=1S/C13H14ClNOS2/c1-9-12(8-17)18-13(15-9)5-6-16-11-4-2-3-10(14)7-11/h2-4,7,17H,5-6,8H2,1H3. The van der Waals surface area contributed by atoms with Crippen molar-refractivity contribution >= 4 is 35.6 Å². The smallest absolute Gasteiger partial charge is 0.120 e. The fraction of sp³-hybridized carbons (Fsp3) is 0.308. The van der Waals surface area contributed by atoms with Crippen LogP contribution >= 0.6 is 35.6 Å². The van der Waals surface area contributed by atoms with Gasteiger partial charge in [0, 0.05) is 22.1 Å². The van der Waals surface area contributed by atoms with E-state index in [2.05, 4.69) is 17.6 Å². The minimum Gasteiger partial charge on any atom is -0.493 e. The van der Waals surface area contributed by atoms with Crippen LogP contribution < -0.4 is 4.74 Å². The minimum atomic E-state index is 0.610. The molecule has 0 fully saturated rings. The van der Waals surface area contributed by atoms with Crippen LogP contribution in [0.15, 0.2) is 24.3 Å². The third kappa shape index (κ3) is 3.64. The second kappa shape index (κ2) is 6.45. The van der Waals surface area contributed by atoms with Gasteiger partial charge in [0.1, 0.15) is 5.75 Å². The Hall–Kier alpha value is -0.710. The number of thiol groups is 1. The van der Waals surface area contributed by atoms with Crippen molar-refractivity contribution in [2.24, 2.45) is 0 Å². The van der Waals surface area contributed by atoms with Gasteiger partial charge in [-0.2, -0.15) is 12.6 Å². The van der Waals surface area contributed by atoms with Crippen LogP contribution in [-0.4, -0.2) is 11.6 Å². The molecule has 0 saturated heterocycles. The second-order valence-electron chi connectivity index (χ2n) is 3.83. The van der Waals surface area contributed by atoms with Crippen molar-refractivity contribution < 1.29 is 4.74 Å². The minimum absolute atomic E-state index is 0.610. The predicted molar refractivity (Wildman–Crippen MR) is 80.2 cm³/mol. The SMILES string of the molecule is Cc1nc(CCOc2cccc(Cl)c2)sc1CS. The largest absolute Gasteiger partial charge is 0.493 e. The summed E-state index contributed by atoms with van der Waals surface area (Å²) in [5.74, 6) is 1.55. The topological polar surface area (TPSA) is 22.1 Å². The Kier molecular flexibility index (Phi) is 4.92. The highest BCUT2D eigenvalue weighted by molar-refractivity contribution is 7.79. The maximum Gasteiger partial charge on any atom is 0.120 e. The Morgan fingerprint density at radius 2 is 2.28 bits per heavy atom. The molecule has 1 heterocycles. The van der Waals surface area contributed by atoms with Gasteiger partial charge < -0.3 is 4.74 Å². The van der Waals surface area contributed by atoms with Gasteiger partial charge in [0.15, 0.2) is 0 Å². The lowest BCUT2D eigenvalue weighted by Crippen LogP contribution is -2.00. The number of halogens is 1. The molecule has 0 N–H and O–H groups in total. The summed E-state index contributed by atoms with van der Waals surface area (Å²) in [4.78, 5) is 5.73. The van der Waals surface area contributed by atoms with Gasteiger partial charge in [-0.15, -0.1) is 11.3 Å². The molecule has 18 heavy (non-hydrogen) atoms. The van der Waals surface area contributed by atoms with Crippen molar-refractivity contribution in [1.82, 2.24) is 4.98 Å². The number of hydrogen-bond acceptors (Lipinski definition) is 4. The van der Waals surface area contributed by atoms with E-state index in [9.17, 15) is 0 Å². The average molecular weight is 300 g/mol. The molecule has 2 aromatic rings. The normalized spacial score (nSPS) is 10.6. The first-order chi connectivity index (χ1) is 8.69. The molecule has 0 radical (unpaired) electrons. The summed E-state index contributed by atoms with van der Waals surface area (Å²) in [6, 6.07) is 7.42. The molecular weight excluding hydrogens is 286 g/mol. The quantitative estimate of drug-likeness (QED) is 0.838. The molecule has 0 amide bonds. The molecule has 0 unspecified atom stereocenters. The Balaban J connectivity index is 1.88. The highest BCUT2D eigenvalue weighted by Crippen LogP contribution is 2.21. The summed E-state index contributed by atoms with van der Waals surface area (Å²) in [7, 11) is 0. The molecule has 0 bridgehead atoms. The summed E-state index contributed by atoms with van der Waals surface area (Å²) in [5.41, 5.74) is 1.08. The van der Waals surface area contributed by atoms with Gasteiger partial charge in [-0.1, -0.05) is 17.7 Å². The van der Waals surface area contributed by atoms with Crippen LogP contribution in [0.25, 0.3) is 0 Å². The Morgan fingerprint density at radius 3 is 2.94 bits per heavy atom. The molecule has 0 aliphatic carbocycles. The van der Waals surface area contributed by atoms with E-state index in [1.54, 1.807) is 11.3 Å². The number of ether oxygens (including phenoxy) is 1. The maximum atomic E-state index is 5.88. The molecule has 0 saturated carbocycles. The molecule has 2 rings (SSSR count). The van der Waals surface area contributed by atoms with E-state index >= 15 is 0 Å². The lowest BCUT2D eigenvalue weighted by Gasteiger charge is -2.04. The number of aromatic nitrogens is 1. The molecule has 1 aromatic carbocycles. The van der Waals surface area contributed by atoms with Gasteiger partial charge in [0.25, 0.3) is 0 Å². The highest BCUT2D eigenvalue weighted by Gasteiger charge is 2.06. The lowest BCUT2D eigenvalue weighted by atomic mass is 10.3. The fourth-order valence-electron chi connectivity index (χ4n) is 1.55. The Labute approximate surface area is 121 Å². The molecule has 0 spiro atoms. The van der Waals surface area contributed by atoms with Crippen LogP contribution in [0.4, 0.5) is 0 Å². The molecule has 0 aliphatic heterocycles. The zero-order valence-corrected chi connectivity index (χ0v) is 12.5. The van der Waals surface area contributed by atoms with Crippen LogP contribution in [0, 0.1) is 6.92 Å². The van der Waals surface area contributed by atoms with Crippen molar-refractivity contribution in [2.45, 2.75) is 19.1 Å². The Bertz CT molecular complexity index is 527. The van der Waals surface area contributed by atoms with E-state index in [1.807, 2.05) is 31.2 Å². The average Bonchev–Trinajstić information content (AvgIpc) is 2.70. The van der Waals surface area contributed by atoms with Crippen molar-refractivity contribution in [3.63, 3.8) is 0 Å². The number of nitrogens with zero attached hydrogens (tertiary/aromatic N) is 1. The van der Waals surface area contributed by atoms with Gasteiger partial charge >= 0.3 is 0 Å². The van der Waals surface area contributed by atoms with Gasteiger partial charge in [-0.05, 0) is 25.1 Å². The molecule has 2 nitrogen and oxygen atoms in total. The van der Waals surface area contributed by atoms with Crippen LogP contribution in [0.2, 0.25) is 5.02 Å². The number of benzene rings is 1. The lowest BCUT2D eigenvalue weighted by molar-refractivity contribution is 0.322. The van der Waals surface area contributed by atoms with Crippen LogP contribution in [0.3, 0.4) is 0 Å². The van der Waals surface area contributed by atoms with E-state index in [0.717, 1.165) is 28.6 Å². The summed E-state index contributed by atoms with van der Waals surface area (Å²) in [6.45, 7) is 2.63. The highest BCUT2D eigenvalue weighted by atomic mass is 35.5. The van der Waals surface area contributed by atoms with Gasteiger partial charge in [0.2, 0.25) is 0 Å². The number of hydrogen-bond donors (Lipinski definition) is 1. The summed E-state index contributed by atoms with van der Waals surface area (Å²) in [6.07, 6.45) is 0.811. The van der Waals surface area contributed by atoms with Crippen molar-refractivity contribution in [3.05, 3.63) is 44.9 Å². The van der Waals surface area contributed by atoms with Crippen LogP contribution in [0.1, 0.15) is 15.6 Å². The fourth-order valence-corrected chi connectivity index (χ4v) is 3.07. The first kappa shape index (κ1) is 13.7. The molecule has 0 atom stereocenters. The van der Waals surface area contributed by atoms with Gasteiger partial charge in [-0.3, -0.25) is 0 Å². The van der Waals surface area contributed by atoms with E-state index < -0.39 is 0 Å². The zero-order valence-electron chi connectivity index (χ0n) is 10.0. The summed E-state index contributed by atoms with van der Waals surface area (Å²) >= 11 is 11.9. The summed E-state index contributed by atoms with van der Waals surface area (Å²) < 4.78 is 5.64. The van der Waals surface area contributed by atoms with E-state index in [1.165, 1.54) is 4.88 Å². The summed E-state index contributed by atoms with van der Waals surface area (Å²) in [5, 5.41) is 1.79. The van der Waals surface area contributed by atoms with E-state index in [4.69, 9.17) is 16.3 Å². The second-order valence-corrected chi connectivity index (χ2v) is 5.75. The number of thiazole rings is 1. The van der Waals surface area contributed by atoms with E-state index in [-0.39, 0.29) is 0 Å². The van der Waals surface area contributed by atoms with Crippen molar-refractivity contribution in [3.8, 4) is 5.75 Å². The van der Waals surface area contributed by atoms with Crippen molar-refractivity contribution in [1.29, 1.82) is 0 Å². The first-order valence-electron chi connectivity index (χ1n) is 5.63. The van der Waals surface area contributed by atoms with Crippen LogP contribution in [-0.2, 0) is 12.2 Å². The van der Waals surface area contributed by atoms with E-state index in [0.29, 0.717) is 11.6 Å².